The molecule has 3 atom stereocenters. The second-order valence-electron chi connectivity index (χ2n) is 5.44. The van der Waals surface area contributed by atoms with Crippen LogP contribution >= 0.6 is 0 Å². The van der Waals surface area contributed by atoms with Gasteiger partial charge < -0.3 is 9.84 Å². The Labute approximate surface area is 119 Å². The first-order chi connectivity index (χ1) is 9.42. The number of hydrogen-bond acceptors (Lipinski definition) is 4. The van der Waals surface area contributed by atoms with Crippen molar-refractivity contribution in [3.8, 4) is 0 Å². The van der Waals surface area contributed by atoms with Crippen LogP contribution in [0.15, 0.2) is 0 Å². The Balaban J connectivity index is 1.99. The molecule has 2 heterocycles. The number of carboxylic acid groups (broad SMARTS) is 1. The van der Waals surface area contributed by atoms with Gasteiger partial charge in [0, 0.05) is 25.6 Å². The summed E-state index contributed by atoms with van der Waals surface area (Å²) in [6.07, 6.45) is 2.68. The molecule has 3 unspecified atom stereocenters. The molecule has 0 bridgehead atoms. The molecular formula is C12H22N2O5S. The van der Waals surface area contributed by atoms with Crippen molar-refractivity contribution < 1.29 is 23.1 Å². The zero-order chi connectivity index (χ0) is 14.8. The van der Waals surface area contributed by atoms with Gasteiger partial charge in [0.1, 0.15) is 6.04 Å². The average molecular weight is 306 g/mol. The Bertz CT molecular complexity index is 453. The largest absolute Gasteiger partial charge is 0.480 e. The Morgan fingerprint density at radius 2 is 2.15 bits per heavy atom. The fraction of sp³-hybridized carbons (Fsp3) is 0.917. The molecule has 2 saturated heterocycles. The highest BCUT2D eigenvalue weighted by atomic mass is 32.2. The second-order valence-corrected chi connectivity index (χ2v) is 7.15. The molecule has 0 spiro atoms. The number of rotatable bonds is 5. The Hall–Kier alpha value is -0.700. The van der Waals surface area contributed by atoms with Gasteiger partial charge in [-0.25, -0.2) is 4.72 Å². The first-order valence-electron chi connectivity index (χ1n) is 7.02. The van der Waals surface area contributed by atoms with Crippen molar-refractivity contribution in [3.05, 3.63) is 0 Å². The van der Waals surface area contributed by atoms with Crippen LogP contribution in [0.2, 0.25) is 0 Å². The van der Waals surface area contributed by atoms with E-state index in [1.54, 1.807) is 0 Å². The predicted molar refractivity (Wildman–Crippen MR) is 72.4 cm³/mol. The van der Waals surface area contributed by atoms with E-state index in [0.29, 0.717) is 26.0 Å². The lowest BCUT2D eigenvalue weighted by molar-refractivity contribution is -0.142. The lowest BCUT2D eigenvalue weighted by atomic mass is 10.0. The lowest BCUT2D eigenvalue weighted by Gasteiger charge is -2.32. The monoisotopic (exact) mass is 306 g/mol. The Morgan fingerprint density at radius 3 is 2.75 bits per heavy atom. The Kier molecular flexibility index (Phi) is 5.00. The molecule has 2 fully saturated rings. The first-order valence-corrected chi connectivity index (χ1v) is 8.46. The summed E-state index contributed by atoms with van der Waals surface area (Å²) in [4.78, 5) is 11.2. The van der Waals surface area contributed by atoms with Crippen molar-refractivity contribution in [2.75, 3.05) is 19.7 Å². The molecule has 0 aromatic heterocycles. The predicted octanol–water partition coefficient (Wildman–Crippen LogP) is 0.185. The van der Waals surface area contributed by atoms with Gasteiger partial charge in [-0.05, 0) is 32.6 Å². The van der Waals surface area contributed by atoms with E-state index in [1.165, 1.54) is 0 Å². The van der Waals surface area contributed by atoms with Gasteiger partial charge in [-0.1, -0.05) is 0 Å². The number of nitrogens with one attached hydrogen (secondary N) is 1. The molecule has 8 heteroatoms. The van der Waals surface area contributed by atoms with E-state index in [1.807, 2.05) is 6.92 Å². The number of piperidine rings is 1. The van der Waals surface area contributed by atoms with Crippen LogP contribution in [0.3, 0.4) is 0 Å². The van der Waals surface area contributed by atoms with Gasteiger partial charge in [-0.15, -0.1) is 0 Å². The Morgan fingerprint density at radius 1 is 1.40 bits per heavy atom. The molecule has 2 aliphatic rings. The molecule has 20 heavy (non-hydrogen) atoms. The van der Waals surface area contributed by atoms with E-state index in [0.717, 1.165) is 17.1 Å². The van der Waals surface area contributed by atoms with Gasteiger partial charge in [0.15, 0.2) is 0 Å². The number of nitrogens with zero attached hydrogens (tertiary/aromatic N) is 1. The van der Waals surface area contributed by atoms with E-state index in [-0.39, 0.29) is 18.6 Å². The van der Waals surface area contributed by atoms with Crippen LogP contribution in [-0.4, -0.2) is 55.6 Å². The van der Waals surface area contributed by atoms with Crippen molar-refractivity contribution in [2.24, 2.45) is 5.92 Å². The summed E-state index contributed by atoms with van der Waals surface area (Å²) in [6.45, 7) is 3.14. The number of aliphatic carboxylic acids is 1. The summed E-state index contributed by atoms with van der Waals surface area (Å²) in [5, 5.41) is 9.14. The summed E-state index contributed by atoms with van der Waals surface area (Å²) >= 11 is 0. The molecule has 0 radical (unpaired) electrons. The maximum Gasteiger partial charge on any atom is 0.322 e. The van der Waals surface area contributed by atoms with E-state index in [2.05, 4.69) is 4.72 Å². The molecule has 0 saturated carbocycles. The van der Waals surface area contributed by atoms with Gasteiger partial charge in [0.2, 0.25) is 0 Å². The summed E-state index contributed by atoms with van der Waals surface area (Å²) in [6, 6.07) is -0.946. The third-order valence-electron chi connectivity index (χ3n) is 4.11. The minimum atomic E-state index is -3.74. The summed E-state index contributed by atoms with van der Waals surface area (Å²) in [7, 11) is -3.74. The van der Waals surface area contributed by atoms with Crippen molar-refractivity contribution >= 4 is 16.2 Å². The topological polar surface area (TPSA) is 95.9 Å². The van der Waals surface area contributed by atoms with Crippen LogP contribution in [0.1, 0.15) is 32.6 Å². The molecule has 2 rings (SSSR count). The summed E-state index contributed by atoms with van der Waals surface area (Å²) < 4.78 is 33.6. The molecule has 0 amide bonds. The summed E-state index contributed by atoms with van der Waals surface area (Å²) in [5.41, 5.74) is 0. The molecule has 7 nitrogen and oxygen atoms in total. The van der Waals surface area contributed by atoms with Crippen LogP contribution in [0.5, 0.6) is 0 Å². The van der Waals surface area contributed by atoms with Crippen LogP contribution in [0.25, 0.3) is 0 Å². The van der Waals surface area contributed by atoms with Crippen LogP contribution in [-0.2, 0) is 19.7 Å². The summed E-state index contributed by atoms with van der Waals surface area (Å²) in [5.74, 6) is -0.925. The minimum absolute atomic E-state index is 0.0364. The number of carboxylic acids is 1. The average Bonchev–Trinajstić information content (AvgIpc) is 2.82. The van der Waals surface area contributed by atoms with E-state index >= 15 is 0 Å². The van der Waals surface area contributed by atoms with Gasteiger partial charge in [0.05, 0.1) is 6.10 Å². The normalized spacial score (nSPS) is 32.4. The van der Waals surface area contributed by atoms with E-state index < -0.39 is 22.2 Å². The first kappa shape index (κ1) is 15.7. The third-order valence-corrected chi connectivity index (χ3v) is 5.69. The number of hydrogen-bond donors (Lipinski definition) is 2. The molecule has 2 N–H and O–H groups in total. The van der Waals surface area contributed by atoms with Crippen molar-refractivity contribution in [1.82, 2.24) is 9.03 Å². The maximum absolute atomic E-state index is 12.3. The fourth-order valence-electron chi connectivity index (χ4n) is 2.78. The highest BCUT2D eigenvalue weighted by molar-refractivity contribution is 7.87. The van der Waals surface area contributed by atoms with Crippen molar-refractivity contribution in [1.29, 1.82) is 0 Å². The van der Waals surface area contributed by atoms with E-state index in [9.17, 15) is 13.2 Å². The maximum atomic E-state index is 12.3. The zero-order valence-corrected chi connectivity index (χ0v) is 12.4. The molecule has 0 aliphatic carbocycles. The molecule has 0 aromatic rings. The second kappa shape index (κ2) is 6.38. The molecule has 2 aliphatic heterocycles. The highest BCUT2D eigenvalue weighted by Crippen LogP contribution is 2.22. The third kappa shape index (κ3) is 3.49. The van der Waals surface area contributed by atoms with Gasteiger partial charge in [0.25, 0.3) is 10.2 Å². The van der Waals surface area contributed by atoms with Crippen molar-refractivity contribution in [2.45, 2.75) is 44.8 Å². The number of ether oxygens (including phenoxy) is 1. The van der Waals surface area contributed by atoms with Crippen LogP contribution < -0.4 is 4.72 Å². The lowest BCUT2D eigenvalue weighted by Crippen LogP contribution is -2.52. The SMILES string of the molecule is CC1OCCC1CNS(=O)(=O)N1CCCCC1C(=O)O. The number of carbonyl (C=O) groups is 1. The molecule has 0 aromatic carbocycles. The minimum Gasteiger partial charge on any atom is -0.480 e. The highest BCUT2D eigenvalue weighted by Gasteiger charge is 2.37. The standard InChI is InChI=1S/C12H22N2O5S/c1-9-10(5-7-19-9)8-13-20(17,18)14-6-3-2-4-11(14)12(15)16/h9-11,13H,2-8H2,1H3,(H,15,16). The molecule has 116 valence electrons. The molecular weight excluding hydrogens is 284 g/mol. The fourth-order valence-corrected chi connectivity index (χ4v) is 4.27. The van der Waals surface area contributed by atoms with Gasteiger partial charge in [-0.2, -0.15) is 12.7 Å². The quantitative estimate of drug-likeness (QED) is 0.755. The van der Waals surface area contributed by atoms with Gasteiger partial charge in [-0.3, -0.25) is 4.79 Å². The smallest absolute Gasteiger partial charge is 0.322 e. The zero-order valence-electron chi connectivity index (χ0n) is 11.6. The van der Waals surface area contributed by atoms with E-state index in [4.69, 9.17) is 9.84 Å². The van der Waals surface area contributed by atoms with Crippen LogP contribution in [0, 0.1) is 5.92 Å². The van der Waals surface area contributed by atoms with Crippen LogP contribution in [0.4, 0.5) is 0 Å². The van der Waals surface area contributed by atoms with Gasteiger partial charge >= 0.3 is 5.97 Å². The van der Waals surface area contributed by atoms with Crippen molar-refractivity contribution in [3.63, 3.8) is 0 Å².